The minimum absolute atomic E-state index is 0.0340. The van der Waals surface area contributed by atoms with Crippen LogP contribution in [0.4, 0.5) is 4.39 Å². The lowest BCUT2D eigenvalue weighted by molar-refractivity contribution is -0.133. The molecule has 1 saturated carbocycles. The molecule has 1 aliphatic carbocycles. The Morgan fingerprint density at radius 1 is 0.971 bits per heavy atom. The molecule has 5 nitrogen and oxygen atoms in total. The number of amides is 2. The largest absolute Gasteiger partial charge is 0.342 e. The Morgan fingerprint density at radius 2 is 1.83 bits per heavy atom. The van der Waals surface area contributed by atoms with Gasteiger partial charge in [0.05, 0.1) is 17.5 Å². The molecule has 1 aromatic heterocycles. The molecule has 2 saturated heterocycles. The molecule has 3 fully saturated rings. The molecule has 2 amide bonds. The van der Waals surface area contributed by atoms with Crippen molar-refractivity contribution in [1.82, 2.24) is 14.8 Å². The second kappa shape index (κ2) is 9.06. The molecular weight excluding hydrogens is 441 g/mol. The van der Waals surface area contributed by atoms with E-state index in [1.165, 1.54) is 12.1 Å². The van der Waals surface area contributed by atoms with Gasteiger partial charge in [-0.2, -0.15) is 0 Å². The first kappa shape index (κ1) is 22.2. The van der Waals surface area contributed by atoms with Crippen LogP contribution in [0.15, 0.2) is 54.6 Å². The summed E-state index contributed by atoms with van der Waals surface area (Å²) in [7, 11) is 0. The summed E-state index contributed by atoms with van der Waals surface area (Å²) >= 11 is 0. The molecule has 0 bridgehead atoms. The van der Waals surface area contributed by atoms with Crippen LogP contribution in [0.5, 0.6) is 0 Å². The zero-order chi connectivity index (χ0) is 23.9. The molecule has 6 rings (SSSR count). The molecule has 180 valence electrons. The number of rotatable bonds is 4. The van der Waals surface area contributed by atoms with Gasteiger partial charge in [0.2, 0.25) is 5.91 Å². The first-order valence-corrected chi connectivity index (χ1v) is 12.8. The maximum Gasteiger partial charge on any atom is 0.254 e. The van der Waals surface area contributed by atoms with E-state index in [0.29, 0.717) is 24.6 Å². The Bertz CT molecular complexity index is 1290. The van der Waals surface area contributed by atoms with Crippen molar-refractivity contribution in [3.63, 3.8) is 0 Å². The smallest absolute Gasteiger partial charge is 0.254 e. The van der Waals surface area contributed by atoms with Gasteiger partial charge in [0, 0.05) is 42.7 Å². The lowest BCUT2D eigenvalue weighted by Crippen LogP contribution is -2.56. The fourth-order valence-electron chi connectivity index (χ4n) is 5.93. The lowest BCUT2D eigenvalue weighted by Gasteiger charge is -2.47. The SMILES string of the molecule is O=C(Cc1cccc(F)c1)N1CC[C@H]2[C@H](CCCN2C(=O)c2cc(C3CC3)nc3ccccc23)C1. The minimum Gasteiger partial charge on any atom is -0.342 e. The maximum atomic E-state index is 13.9. The van der Waals surface area contributed by atoms with E-state index in [0.717, 1.165) is 60.8 Å². The monoisotopic (exact) mass is 471 g/mol. The molecule has 0 radical (unpaired) electrons. The topological polar surface area (TPSA) is 53.5 Å². The first-order valence-electron chi connectivity index (χ1n) is 12.8. The Morgan fingerprint density at radius 3 is 2.66 bits per heavy atom. The third kappa shape index (κ3) is 4.42. The van der Waals surface area contributed by atoms with Gasteiger partial charge in [-0.3, -0.25) is 14.6 Å². The summed E-state index contributed by atoms with van der Waals surface area (Å²) in [6.45, 7) is 2.04. The molecule has 2 aliphatic heterocycles. The third-order valence-electron chi connectivity index (χ3n) is 7.89. The van der Waals surface area contributed by atoms with E-state index in [1.54, 1.807) is 12.1 Å². The fourth-order valence-corrected chi connectivity index (χ4v) is 5.93. The Kier molecular flexibility index (Phi) is 5.75. The van der Waals surface area contributed by atoms with Gasteiger partial charge >= 0.3 is 0 Å². The quantitative estimate of drug-likeness (QED) is 0.541. The number of fused-ring (bicyclic) bond motifs is 2. The molecule has 2 atom stereocenters. The maximum absolute atomic E-state index is 13.9. The van der Waals surface area contributed by atoms with Crippen molar-refractivity contribution in [1.29, 1.82) is 0 Å². The highest BCUT2D eigenvalue weighted by molar-refractivity contribution is 6.06. The molecule has 2 aromatic carbocycles. The molecule has 3 aromatic rings. The zero-order valence-electron chi connectivity index (χ0n) is 19.8. The highest BCUT2D eigenvalue weighted by Crippen LogP contribution is 2.41. The van der Waals surface area contributed by atoms with E-state index in [2.05, 4.69) is 4.90 Å². The number of hydrogen-bond acceptors (Lipinski definition) is 3. The van der Waals surface area contributed by atoms with Crippen LogP contribution in [0.25, 0.3) is 10.9 Å². The van der Waals surface area contributed by atoms with Crippen LogP contribution in [-0.4, -0.2) is 52.3 Å². The summed E-state index contributed by atoms with van der Waals surface area (Å²) in [5.41, 5.74) is 3.40. The predicted octanol–water partition coefficient (Wildman–Crippen LogP) is 4.95. The van der Waals surface area contributed by atoms with Crippen molar-refractivity contribution >= 4 is 22.7 Å². The fraction of sp³-hybridized carbons (Fsp3) is 0.414. The summed E-state index contributed by atoms with van der Waals surface area (Å²) in [5, 5.41) is 0.923. The molecule has 3 aliphatic rings. The van der Waals surface area contributed by atoms with Crippen molar-refractivity contribution in [2.75, 3.05) is 19.6 Å². The standard InChI is InChI=1S/C29H30FN3O2/c30-22-7-3-5-19(15-22)16-28(34)32-14-12-27-21(18-32)6-4-13-33(27)29(35)24-17-26(20-10-11-20)31-25-9-2-1-8-23(24)25/h1-3,5,7-9,15,17,20-21,27H,4,6,10-14,16,18H2/t21-,27+/m1/s1. The van der Waals surface area contributed by atoms with Crippen LogP contribution in [-0.2, 0) is 11.2 Å². The number of benzene rings is 2. The van der Waals surface area contributed by atoms with Crippen LogP contribution < -0.4 is 0 Å². The van der Waals surface area contributed by atoms with Gasteiger partial charge in [-0.25, -0.2) is 4.39 Å². The molecule has 0 spiro atoms. The Balaban J connectivity index is 1.21. The Labute approximate surface area is 204 Å². The van der Waals surface area contributed by atoms with E-state index in [1.807, 2.05) is 35.2 Å². The third-order valence-corrected chi connectivity index (χ3v) is 7.89. The minimum atomic E-state index is -0.316. The van der Waals surface area contributed by atoms with Gasteiger partial charge in [-0.1, -0.05) is 30.3 Å². The number of aromatic nitrogens is 1. The number of hydrogen-bond donors (Lipinski definition) is 0. The van der Waals surface area contributed by atoms with Gasteiger partial charge in [0.15, 0.2) is 0 Å². The molecule has 0 unspecified atom stereocenters. The number of carbonyl (C=O) groups is 2. The molecular formula is C29H30FN3O2. The van der Waals surface area contributed by atoms with E-state index >= 15 is 0 Å². The highest BCUT2D eigenvalue weighted by atomic mass is 19.1. The van der Waals surface area contributed by atoms with E-state index < -0.39 is 0 Å². The molecule has 6 heteroatoms. The normalized spacial score (nSPS) is 22.2. The number of likely N-dealkylation sites (tertiary alicyclic amines) is 2. The highest BCUT2D eigenvalue weighted by Gasteiger charge is 2.40. The van der Waals surface area contributed by atoms with Gasteiger partial charge in [-0.05, 0) is 67.9 Å². The first-order chi connectivity index (χ1) is 17.1. The summed E-state index contributed by atoms with van der Waals surface area (Å²) in [5.74, 6) is 0.567. The second-order valence-corrected chi connectivity index (χ2v) is 10.3. The lowest BCUT2D eigenvalue weighted by atomic mass is 9.83. The average Bonchev–Trinajstić information content (AvgIpc) is 3.73. The number of para-hydroxylation sites is 1. The molecule has 0 N–H and O–H groups in total. The van der Waals surface area contributed by atoms with Crippen molar-refractivity contribution in [3.8, 4) is 0 Å². The second-order valence-electron chi connectivity index (χ2n) is 10.3. The van der Waals surface area contributed by atoms with Crippen LogP contribution >= 0.6 is 0 Å². The molecule has 3 heterocycles. The number of halogens is 1. The van der Waals surface area contributed by atoms with Crippen LogP contribution in [0.2, 0.25) is 0 Å². The van der Waals surface area contributed by atoms with Crippen molar-refractivity contribution in [3.05, 3.63) is 77.2 Å². The number of pyridine rings is 1. The van der Waals surface area contributed by atoms with E-state index in [9.17, 15) is 14.0 Å². The Hall–Kier alpha value is -3.28. The van der Waals surface area contributed by atoms with Crippen LogP contribution in [0.1, 0.15) is 59.6 Å². The number of piperidine rings is 2. The summed E-state index contributed by atoms with van der Waals surface area (Å²) in [6.07, 6.45) is 5.24. The van der Waals surface area contributed by atoms with Gasteiger partial charge in [-0.15, -0.1) is 0 Å². The zero-order valence-corrected chi connectivity index (χ0v) is 19.8. The summed E-state index contributed by atoms with van der Waals surface area (Å²) < 4.78 is 13.5. The van der Waals surface area contributed by atoms with Crippen molar-refractivity contribution in [2.24, 2.45) is 5.92 Å². The molecule has 35 heavy (non-hydrogen) atoms. The van der Waals surface area contributed by atoms with Crippen LogP contribution in [0, 0.1) is 11.7 Å². The average molecular weight is 472 g/mol. The predicted molar refractivity (Wildman–Crippen MR) is 133 cm³/mol. The summed E-state index contributed by atoms with van der Waals surface area (Å²) in [6, 6.07) is 16.4. The van der Waals surface area contributed by atoms with Gasteiger partial charge in [0.1, 0.15) is 5.82 Å². The summed E-state index contributed by atoms with van der Waals surface area (Å²) in [4.78, 5) is 35.7. The van der Waals surface area contributed by atoms with E-state index in [-0.39, 0.29) is 36.0 Å². The number of carbonyl (C=O) groups excluding carboxylic acids is 2. The van der Waals surface area contributed by atoms with Crippen LogP contribution in [0.3, 0.4) is 0 Å². The van der Waals surface area contributed by atoms with Gasteiger partial charge < -0.3 is 9.80 Å². The van der Waals surface area contributed by atoms with Gasteiger partial charge in [0.25, 0.3) is 5.91 Å². The van der Waals surface area contributed by atoms with Crippen molar-refractivity contribution in [2.45, 2.75) is 50.5 Å². The van der Waals surface area contributed by atoms with E-state index in [4.69, 9.17) is 4.98 Å². The number of nitrogens with zero attached hydrogens (tertiary/aromatic N) is 3. The van der Waals surface area contributed by atoms with Crippen molar-refractivity contribution < 1.29 is 14.0 Å².